The molecule has 1 aliphatic rings. The van der Waals surface area contributed by atoms with E-state index in [0.717, 1.165) is 40.2 Å². The van der Waals surface area contributed by atoms with Crippen LogP contribution in [0.15, 0.2) is 47.5 Å². The van der Waals surface area contributed by atoms with Gasteiger partial charge in [0.1, 0.15) is 0 Å². The number of nitrogens with one attached hydrogen (secondary N) is 2. The molecular formula is C18H21ClIN3O2. The first-order valence-corrected chi connectivity index (χ1v) is 8.28. The molecule has 0 amide bonds. The first kappa shape index (κ1) is 19.7. The number of nitrogens with zero attached hydrogens (tertiary/aromatic N) is 1. The minimum atomic E-state index is 0. The normalized spacial score (nSPS) is 12.5. The first-order valence-electron chi connectivity index (χ1n) is 7.90. The van der Waals surface area contributed by atoms with Crippen molar-refractivity contribution < 1.29 is 9.47 Å². The lowest BCUT2D eigenvalue weighted by Gasteiger charge is -2.12. The summed E-state index contributed by atoms with van der Waals surface area (Å²) >= 11 is 6.19. The van der Waals surface area contributed by atoms with E-state index in [0.29, 0.717) is 13.1 Å². The van der Waals surface area contributed by atoms with Crippen LogP contribution in [0.4, 0.5) is 0 Å². The predicted molar refractivity (Wildman–Crippen MR) is 111 cm³/mol. The Labute approximate surface area is 169 Å². The third-order valence-corrected chi connectivity index (χ3v) is 3.97. The van der Waals surface area contributed by atoms with Crippen molar-refractivity contribution >= 4 is 41.5 Å². The summed E-state index contributed by atoms with van der Waals surface area (Å²) in [6.45, 7) is 4.27. The summed E-state index contributed by atoms with van der Waals surface area (Å²) in [7, 11) is 0. The first-order chi connectivity index (χ1) is 11.8. The lowest BCUT2D eigenvalue weighted by atomic mass is 10.2. The highest BCUT2D eigenvalue weighted by Crippen LogP contribution is 2.32. The Morgan fingerprint density at radius 1 is 1.12 bits per heavy atom. The number of halogens is 2. The van der Waals surface area contributed by atoms with Crippen molar-refractivity contribution in [1.82, 2.24) is 10.6 Å². The molecular weight excluding hydrogens is 453 g/mol. The molecule has 25 heavy (non-hydrogen) atoms. The summed E-state index contributed by atoms with van der Waals surface area (Å²) in [5.74, 6) is 2.30. The molecule has 2 aromatic carbocycles. The average molecular weight is 474 g/mol. The SMILES string of the molecule is CCNC(=NCc1ccc2c(c1)OCO2)NCc1ccccc1Cl.I. The number of guanidine groups is 1. The van der Waals surface area contributed by atoms with Gasteiger partial charge in [0, 0.05) is 18.1 Å². The van der Waals surface area contributed by atoms with Crippen LogP contribution in [0.2, 0.25) is 5.02 Å². The van der Waals surface area contributed by atoms with Gasteiger partial charge in [-0.3, -0.25) is 0 Å². The lowest BCUT2D eigenvalue weighted by molar-refractivity contribution is 0.174. The number of rotatable bonds is 5. The minimum Gasteiger partial charge on any atom is -0.454 e. The van der Waals surface area contributed by atoms with Gasteiger partial charge in [-0.1, -0.05) is 35.9 Å². The van der Waals surface area contributed by atoms with Crippen molar-refractivity contribution in [3.8, 4) is 11.5 Å². The van der Waals surface area contributed by atoms with Crippen molar-refractivity contribution in [3.63, 3.8) is 0 Å². The van der Waals surface area contributed by atoms with Gasteiger partial charge >= 0.3 is 0 Å². The van der Waals surface area contributed by atoms with Crippen LogP contribution in [0.3, 0.4) is 0 Å². The Balaban J connectivity index is 0.00000225. The molecule has 0 saturated heterocycles. The van der Waals surface area contributed by atoms with Crippen LogP contribution in [0.5, 0.6) is 11.5 Å². The van der Waals surface area contributed by atoms with Gasteiger partial charge in [0.2, 0.25) is 6.79 Å². The van der Waals surface area contributed by atoms with Crippen molar-refractivity contribution in [2.24, 2.45) is 4.99 Å². The van der Waals surface area contributed by atoms with E-state index in [-0.39, 0.29) is 30.8 Å². The molecule has 0 aliphatic carbocycles. The Morgan fingerprint density at radius 3 is 2.72 bits per heavy atom. The summed E-state index contributed by atoms with van der Waals surface area (Å²) in [6, 6.07) is 13.6. The maximum absolute atomic E-state index is 6.19. The largest absolute Gasteiger partial charge is 0.454 e. The molecule has 0 bridgehead atoms. The van der Waals surface area contributed by atoms with E-state index < -0.39 is 0 Å². The molecule has 0 radical (unpaired) electrons. The zero-order chi connectivity index (χ0) is 16.8. The van der Waals surface area contributed by atoms with Crippen molar-refractivity contribution in [2.45, 2.75) is 20.0 Å². The standard InChI is InChI=1S/C18H20ClN3O2.HI/c1-2-20-18(22-11-14-5-3-4-6-15(14)19)21-10-13-7-8-16-17(9-13)24-12-23-16;/h3-9H,2,10-12H2,1H3,(H2,20,21,22);1H. The Hall–Kier alpha value is -1.67. The molecule has 2 aromatic rings. The summed E-state index contributed by atoms with van der Waals surface area (Å²) in [5.41, 5.74) is 2.10. The Kier molecular flexibility index (Phi) is 7.64. The topological polar surface area (TPSA) is 54.9 Å². The van der Waals surface area contributed by atoms with Gasteiger partial charge in [0.15, 0.2) is 17.5 Å². The van der Waals surface area contributed by atoms with E-state index in [2.05, 4.69) is 15.6 Å². The molecule has 0 atom stereocenters. The van der Waals surface area contributed by atoms with Crippen molar-refractivity contribution in [3.05, 3.63) is 58.6 Å². The van der Waals surface area contributed by atoms with E-state index in [4.69, 9.17) is 21.1 Å². The van der Waals surface area contributed by atoms with Crippen LogP contribution in [0.1, 0.15) is 18.1 Å². The minimum absolute atomic E-state index is 0. The van der Waals surface area contributed by atoms with Gasteiger partial charge in [0.25, 0.3) is 0 Å². The van der Waals surface area contributed by atoms with Crippen LogP contribution in [-0.2, 0) is 13.1 Å². The molecule has 1 aliphatic heterocycles. The van der Waals surface area contributed by atoms with Crippen LogP contribution >= 0.6 is 35.6 Å². The zero-order valence-corrected chi connectivity index (χ0v) is 17.0. The van der Waals surface area contributed by atoms with Crippen LogP contribution in [0, 0.1) is 0 Å². The van der Waals surface area contributed by atoms with E-state index >= 15 is 0 Å². The van der Waals surface area contributed by atoms with Gasteiger partial charge in [-0.2, -0.15) is 0 Å². The second-order valence-corrected chi connectivity index (χ2v) is 5.73. The van der Waals surface area contributed by atoms with Gasteiger partial charge in [-0.15, -0.1) is 24.0 Å². The summed E-state index contributed by atoms with van der Waals surface area (Å²) in [5, 5.41) is 7.28. The fraction of sp³-hybridized carbons (Fsp3) is 0.278. The molecule has 5 nitrogen and oxygen atoms in total. The Morgan fingerprint density at radius 2 is 1.92 bits per heavy atom. The van der Waals surface area contributed by atoms with Crippen molar-refractivity contribution in [2.75, 3.05) is 13.3 Å². The maximum Gasteiger partial charge on any atom is 0.231 e. The van der Waals surface area contributed by atoms with Crippen LogP contribution in [0.25, 0.3) is 0 Å². The second kappa shape index (κ2) is 9.72. The quantitative estimate of drug-likeness (QED) is 0.392. The fourth-order valence-electron chi connectivity index (χ4n) is 2.37. The zero-order valence-electron chi connectivity index (χ0n) is 13.9. The van der Waals surface area contributed by atoms with E-state index in [9.17, 15) is 0 Å². The third-order valence-electron chi connectivity index (χ3n) is 3.61. The average Bonchev–Trinajstić information content (AvgIpc) is 3.06. The summed E-state index contributed by atoms with van der Waals surface area (Å²) in [6.07, 6.45) is 0. The summed E-state index contributed by atoms with van der Waals surface area (Å²) < 4.78 is 10.7. The predicted octanol–water partition coefficient (Wildman–Crippen LogP) is 3.94. The van der Waals surface area contributed by atoms with E-state index in [1.807, 2.05) is 49.4 Å². The molecule has 0 aromatic heterocycles. The molecule has 1 heterocycles. The van der Waals surface area contributed by atoms with Gasteiger partial charge in [-0.05, 0) is 36.2 Å². The van der Waals surface area contributed by atoms with Gasteiger partial charge in [-0.25, -0.2) is 4.99 Å². The number of hydrogen-bond donors (Lipinski definition) is 2. The summed E-state index contributed by atoms with van der Waals surface area (Å²) in [4.78, 5) is 4.61. The highest BCUT2D eigenvalue weighted by molar-refractivity contribution is 14.0. The maximum atomic E-state index is 6.19. The fourth-order valence-corrected chi connectivity index (χ4v) is 2.57. The monoisotopic (exact) mass is 473 g/mol. The number of benzene rings is 2. The molecule has 0 unspecified atom stereocenters. The third kappa shape index (κ3) is 5.40. The molecule has 0 saturated carbocycles. The number of fused-ring (bicyclic) bond motifs is 1. The van der Waals surface area contributed by atoms with Crippen LogP contribution < -0.4 is 20.1 Å². The molecule has 2 N–H and O–H groups in total. The number of ether oxygens (including phenoxy) is 2. The van der Waals surface area contributed by atoms with E-state index in [1.165, 1.54) is 0 Å². The molecule has 0 spiro atoms. The lowest BCUT2D eigenvalue weighted by Crippen LogP contribution is -2.36. The number of hydrogen-bond acceptors (Lipinski definition) is 3. The Bertz CT molecular complexity index is 740. The highest BCUT2D eigenvalue weighted by atomic mass is 127. The van der Waals surface area contributed by atoms with Gasteiger partial charge < -0.3 is 20.1 Å². The molecule has 7 heteroatoms. The molecule has 134 valence electrons. The highest BCUT2D eigenvalue weighted by Gasteiger charge is 2.13. The van der Waals surface area contributed by atoms with Gasteiger partial charge in [0.05, 0.1) is 6.54 Å². The number of aliphatic imine (C=N–C) groups is 1. The van der Waals surface area contributed by atoms with E-state index in [1.54, 1.807) is 0 Å². The van der Waals surface area contributed by atoms with Crippen LogP contribution in [-0.4, -0.2) is 19.3 Å². The molecule has 0 fully saturated rings. The molecule has 3 rings (SSSR count). The second-order valence-electron chi connectivity index (χ2n) is 5.33. The van der Waals surface area contributed by atoms with Crippen molar-refractivity contribution in [1.29, 1.82) is 0 Å². The smallest absolute Gasteiger partial charge is 0.231 e.